The summed E-state index contributed by atoms with van der Waals surface area (Å²) in [5.74, 6) is -0.241. The molecule has 0 spiro atoms. The molecule has 1 fully saturated rings. The highest BCUT2D eigenvalue weighted by atomic mass is 35.5. The standard InChI is InChI=1S/C18H22ClN3O3S/c1-21-12-4-5-15(21)13-22(17-6-2-3-11-20-18(17)23)26(24,25)16-9-7-14(19)8-10-16/h4-5,7-10,12,17H,2-3,6,11,13H2,1H3,(H,20,23)/t17-/m1/s1. The van der Waals surface area contributed by atoms with Gasteiger partial charge >= 0.3 is 0 Å². The molecule has 0 radical (unpaired) electrons. The maximum atomic E-state index is 13.3. The Morgan fingerprint density at radius 2 is 1.96 bits per heavy atom. The van der Waals surface area contributed by atoms with Gasteiger partial charge in [-0.2, -0.15) is 4.31 Å². The van der Waals surface area contributed by atoms with Crippen LogP contribution in [-0.2, 0) is 28.4 Å². The second kappa shape index (κ2) is 7.82. The molecule has 0 unspecified atom stereocenters. The third-order valence-corrected chi connectivity index (χ3v) is 6.76. The van der Waals surface area contributed by atoms with Gasteiger partial charge in [-0.15, -0.1) is 0 Å². The van der Waals surface area contributed by atoms with E-state index in [1.807, 2.05) is 29.9 Å². The fraction of sp³-hybridized carbons (Fsp3) is 0.389. The molecule has 1 aromatic heterocycles. The summed E-state index contributed by atoms with van der Waals surface area (Å²) in [6.07, 6.45) is 4.00. The first kappa shape index (κ1) is 18.9. The molecular weight excluding hydrogens is 374 g/mol. The molecule has 140 valence electrons. The van der Waals surface area contributed by atoms with Gasteiger partial charge in [0, 0.05) is 30.5 Å². The van der Waals surface area contributed by atoms with Crippen LogP contribution in [0.3, 0.4) is 0 Å². The topological polar surface area (TPSA) is 71.4 Å². The molecule has 2 heterocycles. The fourth-order valence-electron chi connectivity index (χ4n) is 3.12. The van der Waals surface area contributed by atoms with Crippen molar-refractivity contribution in [1.29, 1.82) is 0 Å². The van der Waals surface area contributed by atoms with E-state index in [2.05, 4.69) is 5.32 Å². The summed E-state index contributed by atoms with van der Waals surface area (Å²) in [6.45, 7) is 0.709. The summed E-state index contributed by atoms with van der Waals surface area (Å²) in [7, 11) is -2.00. The normalized spacial score (nSPS) is 18.6. The summed E-state index contributed by atoms with van der Waals surface area (Å²) in [4.78, 5) is 12.7. The number of hydrogen-bond donors (Lipinski definition) is 1. The smallest absolute Gasteiger partial charge is 0.244 e. The van der Waals surface area contributed by atoms with Gasteiger partial charge in [-0.3, -0.25) is 4.79 Å². The number of carbonyl (C=O) groups is 1. The van der Waals surface area contributed by atoms with Crippen LogP contribution < -0.4 is 5.32 Å². The number of halogens is 1. The predicted octanol–water partition coefficient (Wildman–Crippen LogP) is 2.54. The second-order valence-corrected chi connectivity index (χ2v) is 8.74. The van der Waals surface area contributed by atoms with Crippen molar-refractivity contribution in [2.24, 2.45) is 7.05 Å². The van der Waals surface area contributed by atoms with Crippen molar-refractivity contribution in [3.8, 4) is 0 Å². The first-order valence-electron chi connectivity index (χ1n) is 8.55. The number of nitrogens with one attached hydrogen (secondary N) is 1. The van der Waals surface area contributed by atoms with Crippen LogP contribution in [0.5, 0.6) is 0 Å². The van der Waals surface area contributed by atoms with Crippen LogP contribution in [0.4, 0.5) is 0 Å². The van der Waals surface area contributed by atoms with E-state index in [1.54, 1.807) is 12.1 Å². The van der Waals surface area contributed by atoms with Crippen molar-refractivity contribution in [3.63, 3.8) is 0 Å². The van der Waals surface area contributed by atoms with Gasteiger partial charge < -0.3 is 9.88 Å². The molecule has 6 nitrogen and oxygen atoms in total. The van der Waals surface area contributed by atoms with E-state index < -0.39 is 16.1 Å². The SMILES string of the molecule is Cn1cccc1CN([C@@H]1CCCCNC1=O)S(=O)(=O)c1ccc(Cl)cc1. The highest BCUT2D eigenvalue weighted by molar-refractivity contribution is 7.89. The van der Waals surface area contributed by atoms with Gasteiger partial charge in [0.25, 0.3) is 0 Å². The lowest BCUT2D eigenvalue weighted by Gasteiger charge is -2.29. The quantitative estimate of drug-likeness (QED) is 0.845. The summed E-state index contributed by atoms with van der Waals surface area (Å²) < 4.78 is 29.8. The number of benzene rings is 1. The van der Waals surface area contributed by atoms with E-state index in [0.29, 0.717) is 18.0 Å². The first-order valence-corrected chi connectivity index (χ1v) is 10.4. The van der Waals surface area contributed by atoms with Crippen LogP contribution in [0.1, 0.15) is 25.0 Å². The van der Waals surface area contributed by atoms with Crippen LogP contribution in [-0.4, -0.2) is 35.8 Å². The molecule has 1 N–H and O–H groups in total. The minimum atomic E-state index is -3.86. The van der Waals surface area contributed by atoms with E-state index in [0.717, 1.165) is 18.5 Å². The Balaban J connectivity index is 2.02. The van der Waals surface area contributed by atoms with Crippen molar-refractivity contribution >= 4 is 27.5 Å². The molecule has 1 atom stereocenters. The second-order valence-electron chi connectivity index (χ2n) is 6.42. The van der Waals surface area contributed by atoms with E-state index in [9.17, 15) is 13.2 Å². The molecule has 1 saturated heterocycles. The number of hydrogen-bond acceptors (Lipinski definition) is 3. The molecule has 26 heavy (non-hydrogen) atoms. The molecule has 3 rings (SSSR count). The van der Waals surface area contributed by atoms with Gasteiger partial charge in [0.2, 0.25) is 15.9 Å². The zero-order valence-corrected chi connectivity index (χ0v) is 16.1. The summed E-state index contributed by atoms with van der Waals surface area (Å²) in [5, 5.41) is 3.29. The Morgan fingerprint density at radius 1 is 1.23 bits per heavy atom. The number of nitrogens with zero attached hydrogens (tertiary/aromatic N) is 2. The Morgan fingerprint density at radius 3 is 2.62 bits per heavy atom. The fourth-order valence-corrected chi connectivity index (χ4v) is 4.84. The highest BCUT2D eigenvalue weighted by Crippen LogP contribution is 2.25. The van der Waals surface area contributed by atoms with Gasteiger partial charge in [-0.05, 0) is 55.7 Å². The van der Waals surface area contributed by atoms with E-state index in [1.165, 1.54) is 16.4 Å². The van der Waals surface area contributed by atoms with Gasteiger partial charge in [-0.1, -0.05) is 11.6 Å². The van der Waals surface area contributed by atoms with Crippen molar-refractivity contribution in [1.82, 2.24) is 14.2 Å². The zero-order chi connectivity index (χ0) is 18.7. The minimum absolute atomic E-state index is 0.131. The molecule has 0 bridgehead atoms. The van der Waals surface area contributed by atoms with E-state index in [-0.39, 0.29) is 17.3 Å². The van der Waals surface area contributed by atoms with Crippen molar-refractivity contribution < 1.29 is 13.2 Å². The molecule has 0 aliphatic carbocycles. The molecule has 2 aromatic rings. The van der Waals surface area contributed by atoms with E-state index >= 15 is 0 Å². The molecular formula is C18H22ClN3O3S. The van der Waals surface area contributed by atoms with Gasteiger partial charge in [0.15, 0.2) is 0 Å². The minimum Gasteiger partial charge on any atom is -0.355 e. The summed E-state index contributed by atoms with van der Waals surface area (Å²) in [5.41, 5.74) is 0.819. The molecule has 8 heteroatoms. The van der Waals surface area contributed by atoms with Crippen LogP contribution in [0.2, 0.25) is 5.02 Å². The number of amides is 1. The van der Waals surface area contributed by atoms with Crippen molar-refractivity contribution in [2.45, 2.75) is 36.7 Å². The number of aromatic nitrogens is 1. The average molecular weight is 396 g/mol. The predicted molar refractivity (Wildman–Crippen MR) is 100 cm³/mol. The number of sulfonamides is 1. The number of aryl methyl sites for hydroxylation is 1. The molecule has 0 saturated carbocycles. The summed E-state index contributed by atoms with van der Waals surface area (Å²) >= 11 is 5.89. The third kappa shape index (κ3) is 3.95. The van der Waals surface area contributed by atoms with Gasteiger partial charge in [0.05, 0.1) is 11.4 Å². The summed E-state index contributed by atoms with van der Waals surface area (Å²) in [6, 6.07) is 9.03. The lowest BCUT2D eigenvalue weighted by molar-refractivity contribution is -0.124. The molecule has 1 aliphatic heterocycles. The lowest BCUT2D eigenvalue weighted by atomic mass is 10.1. The number of carbonyl (C=O) groups excluding carboxylic acids is 1. The van der Waals surface area contributed by atoms with Crippen molar-refractivity contribution in [2.75, 3.05) is 6.54 Å². The van der Waals surface area contributed by atoms with Crippen LogP contribution in [0, 0.1) is 0 Å². The Hall–Kier alpha value is -1.83. The van der Waals surface area contributed by atoms with Gasteiger partial charge in [0.1, 0.15) is 6.04 Å². The Kier molecular flexibility index (Phi) is 5.70. The Labute approximate surface area is 158 Å². The van der Waals surface area contributed by atoms with E-state index in [4.69, 9.17) is 11.6 Å². The van der Waals surface area contributed by atoms with Gasteiger partial charge in [-0.25, -0.2) is 8.42 Å². The van der Waals surface area contributed by atoms with Crippen molar-refractivity contribution in [3.05, 3.63) is 53.3 Å². The Bertz CT molecular complexity index is 877. The molecule has 1 aliphatic rings. The van der Waals surface area contributed by atoms with Crippen LogP contribution >= 0.6 is 11.6 Å². The average Bonchev–Trinajstić information content (AvgIpc) is 2.89. The third-order valence-electron chi connectivity index (χ3n) is 4.64. The lowest BCUT2D eigenvalue weighted by Crippen LogP contribution is -2.48. The molecule has 1 amide bonds. The molecule has 1 aromatic carbocycles. The van der Waals surface area contributed by atoms with Crippen LogP contribution in [0.15, 0.2) is 47.5 Å². The highest BCUT2D eigenvalue weighted by Gasteiger charge is 2.36. The maximum Gasteiger partial charge on any atom is 0.244 e. The monoisotopic (exact) mass is 395 g/mol. The number of rotatable bonds is 5. The maximum absolute atomic E-state index is 13.3. The van der Waals surface area contributed by atoms with Crippen LogP contribution in [0.25, 0.3) is 0 Å². The largest absolute Gasteiger partial charge is 0.355 e. The zero-order valence-electron chi connectivity index (χ0n) is 14.6. The first-order chi connectivity index (χ1) is 12.4.